The van der Waals surface area contributed by atoms with Crippen molar-refractivity contribution in [3.05, 3.63) is 89.0 Å². The Kier molecular flexibility index (Phi) is 7.44. The highest BCUT2D eigenvalue weighted by Gasteiger charge is 2.17. The molecule has 8 nitrogen and oxygen atoms in total. The maximum absolute atomic E-state index is 12.9. The van der Waals surface area contributed by atoms with E-state index in [1.807, 2.05) is 94.4 Å². The van der Waals surface area contributed by atoms with Gasteiger partial charge in [-0.3, -0.25) is 4.79 Å². The van der Waals surface area contributed by atoms with Crippen LogP contribution in [0.5, 0.6) is 0 Å². The zero-order chi connectivity index (χ0) is 25.7. The lowest BCUT2D eigenvalue weighted by atomic mass is 10.1. The Balaban J connectivity index is 1.56. The lowest BCUT2D eigenvalue weighted by Crippen LogP contribution is -2.33. The van der Waals surface area contributed by atoms with Gasteiger partial charge in [0.2, 0.25) is 23.8 Å². The molecule has 0 bridgehead atoms. The molecule has 36 heavy (non-hydrogen) atoms. The molecule has 0 saturated carbocycles. The second-order valence-corrected chi connectivity index (χ2v) is 8.96. The monoisotopic (exact) mass is 481 g/mol. The van der Waals surface area contributed by atoms with Gasteiger partial charge in [0.1, 0.15) is 6.04 Å². The molecule has 184 valence electrons. The van der Waals surface area contributed by atoms with Gasteiger partial charge in [-0.05, 0) is 76.1 Å². The van der Waals surface area contributed by atoms with E-state index in [1.54, 1.807) is 6.92 Å². The number of hydrogen-bond donors (Lipinski definition) is 4. The molecular weight excluding hydrogens is 450 g/mol. The van der Waals surface area contributed by atoms with E-state index in [0.29, 0.717) is 11.9 Å². The van der Waals surface area contributed by atoms with Crippen LogP contribution in [0.4, 0.5) is 34.9 Å². The molecule has 0 spiro atoms. The van der Waals surface area contributed by atoms with Gasteiger partial charge in [0, 0.05) is 17.1 Å². The van der Waals surface area contributed by atoms with Crippen LogP contribution in [0.25, 0.3) is 0 Å². The van der Waals surface area contributed by atoms with E-state index in [9.17, 15) is 4.79 Å². The Morgan fingerprint density at radius 3 is 1.67 bits per heavy atom. The molecule has 1 aromatic heterocycles. The molecule has 3 aromatic carbocycles. The van der Waals surface area contributed by atoms with Gasteiger partial charge in [0.25, 0.3) is 0 Å². The van der Waals surface area contributed by atoms with Crippen LogP contribution < -0.4 is 21.3 Å². The topological polar surface area (TPSA) is 104 Å². The summed E-state index contributed by atoms with van der Waals surface area (Å²) in [5.41, 5.74) is 6.86. The lowest BCUT2D eigenvalue weighted by molar-refractivity contribution is -0.116. The van der Waals surface area contributed by atoms with E-state index in [-0.39, 0.29) is 11.9 Å². The molecule has 0 aliphatic heterocycles. The van der Waals surface area contributed by atoms with E-state index < -0.39 is 6.04 Å². The molecule has 1 atom stereocenters. The summed E-state index contributed by atoms with van der Waals surface area (Å²) < 4.78 is 0. The number of hydrogen-bond acceptors (Lipinski definition) is 7. The summed E-state index contributed by atoms with van der Waals surface area (Å²) in [6.45, 7) is 9.79. The summed E-state index contributed by atoms with van der Waals surface area (Å²) in [5.74, 6) is 0.796. The number of nitrogens with zero attached hydrogens (tertiary/aromatic N) is 3. The number of aromatic nitrogens is 3. The first-order valence-corrected chi connectivity index (χ1v) is 11.8. The van der Waals surface area contributed by atoms with Crippen molar-refractivity contribution in [1.82, 2.24) is 15.0 Å². The zero-order valence-electron chi connectivity index (χ0n) is 21.2. The average Bonchev–Trinajstić information content (AvgIpc) is 2.84. The molecule has 0 unspecified atom stereocenters. The number of rotatable bonds is 8. The number of benzene rings is 3. The SMILES string of the molecule is Cc1ccc(Nc2nc(Nc3ccc(C)cc3)nc(N[C@@H](C)C(=O)Nc3cc(C)ccc3C)n2)cc1. The second kappa shape index (κ2) is 10.9. The van der Waals surface area contributed by atoms with E-state index in [4.69, 9.17) is 0 Å². The molecule has 0 radical (unpaired) electrons. The molecule has 0 fully saturated rings. The molecule has 4 aromatic rings. The van der Waals surface area contributed by atoms with E-state index in [2.05, 4.69) is 36.2 Å². The summed E-state index contributed by atoms with van der Waals surface area (Å²) in [6, 6.07) is 21.2. The van der Waals surface area contributed by atoms with Gasteiger partial charge in [0.15, 0.2) is 0 Å². The van der Waals surface area contributed by atoms with Crippen LogP contribution in [0.3, 0.4) is 0 Å². The van der Waals surface area contributed by atoms with Gasteiger partial charge in [-0.15, -0.1) is 0 Å². The lowest BCUT2D eigenvalue weighted by Gasteiger charge is -2.17. The molecule has 0 aliphatic rings. The Hall–Kier alpha value is -4.46. The third-order valence-electron chi connectivity index (χ3n) is 5.64. The molecule has 4 rings (SSSR count). The standard InChI is InChI=1S/C28H31N7O/c1-17-7-12-22(13-8-17)30-27-33-26(34-28(35-27)31-23-14-9-18(2)10-15-23)29-21(5)25(36)32-24-16-19(3)6-11-20(24)4/h6-16,21H,1-5H3,(H,32,36)(H3,29,30,31,33,34,35)/t21-/m0/s1. The number of amides is 1. The van der Waals surface area contributed by atoms with Crippen LogP contribution >= 0.6 is 0 Å². The largest absolute Gasteiger partial charge is 0.342 e. The zero-order valence-corrected chi connectivity index (χ0v) is 21.2. The minimum Gasteiger partial charge on any atom is -0.342 e. The van der Waals surface area contributed by atoms with Gasteiger partial charge in [0.05, 0.1) is 0 Å². The number of carbonyl (C=O) groups excluding carboxylic acids is 1. The van der Waals surface area contributed by atoms with Crippen LogP contribution in [0.1, 0.15) is 29.2 Å². The minimum atomic E-state index is -0.591. The van der Waals surface area contributed by atoms with Crippen molar-refractivity contribution in [3.63, 3.8) is 0 Å². The fourth-order valence-corrected chi connectivity index (χ4v) is 3.45. The molecule has 0 aliphatic carbocycles. The average molecular weight is 482 g/mol. The van der Waals surface area contributed by atoms with Crippen LogP contribution in [-0.2, 0) is 4.79 Å². The first-order valence-electron chi connectivity index (χ1n) is 11.8. The molecule has 8 heteroatoms. The molecule has 1 heterocycles. The first-order chi connectivity index (χ1) is 17.2. The van der Waals surface area contributed by atoms with Gasteiger partial charge in [-0.1, -0.05) is 47.5 Å². The van der Waals surface area contributed by atoms with Gasteiger partial charge < -0.3 is 21.3 Å². The minimum absolute atomic E-state index is 0.190. The third kappa shape index (κ3) is 6.56. The summed E-state index contributed by atoms with van der Waals surface area (Å²) in [7, 11) is 0. The normalized spacial score (nSPS) is 11.5. The van der Waals surface area contributed by atoms with Crippen molar-refractivity contribution >= 4 is 40.8 Å². The number of anilines is 6. The maximum Gasteiger partial charge on any atom is 0.246 e. The Morgan fingerprint density at radius 2 is 1.14 bits per heavy atom. The smallest absolute Gasteiger partial charge is 0.246 e. The van der Waals surface area contributed by atoms with E-state index >= 15 is 0 Å². The van der Waals surface area contributed by atoms with Crippen molar-refractivity contribution in [2.75, 3.05) is 21.3 Å². The van der Waals surface area contributed by atoms with E-state index in [0.717, 1.165) is 39.3 Å². The van der Waals surface area contributed by atoms with Crippen LogP contribution in [0.2, 0.25) is 0 Å². The maximum atomic E-state index is 12.9. The van der Waals surface area contributed by atoms with Crippen molar-refractivity contribution in [1.29, 1.82) is 0 Å². The quantitative estimate of drug-likeness (QED) is 0.243. The van der Waals surface area contributed by atoms with Crippen molar-refractivity contribution < 1.29 is 4.79 Å². The summed E-state index contributed by atoms with van der Waals surface area (Å²) in [5, 5.41) is 12.5. The second-order valence-electron chi connectivity index (χ2n) is 8.96. The fraction of sp³-hybridized carbons (Fsp3) is 0.214. The molecule has 4 N–H and O–H groups in total. The number of carbonyl (C=O) groups is 1. The predicted octanol–water partition coefficient (Wildman–Crippen LogP) is 6.03. The highest BCUT2D eigenvalue weighted by molar-refractivity contribution is 5.96. The highest BCUT2D eigenvalue weighted by atomic mass is 16.2. The van der Waals surface area contributed by atoms with Crippen LogP contribution in [0, 0.1) is 27.7 Å². The number of aryl methyl sites for hydroxylation is 4. The molecule has 0 saturated heterocycles. The van der Waals surface area contributed by atoms with Crippen molar-refractivity contribution in [2.45, 2.75) is 40.7 Å². The summed E-state index contributed by atoms with van der Waals surface area (Å²) in [6.07, 6.45) is 0. The molecular formula is C28H31N7O. The Labute approximate surface area is 211 Å². The van der Waals surface area contributed by atoms with Gasteiger partial charge >= 0.3 is 0 Å². The first kappa shape index (κ1) is 24.7. The number of nitrogens with one attached hydrogen (secondary N) is 4. The van der Waals surface area contributed by atoms with Crippen molar-refractivity contribution in [3.8, 4) is 0 Å². The Bertz CT molecular complexity index is 1290. The van der Waals surface area contributed by atoms with Crippen molar-refractivity contribution in [2.24, 2.45) is 0 Å². The summed E-state index contributed by atoms with van der Waals surface area (Å²) in [4.78, 5) is 26.5. The predicted molar refractivity (Wildman–Crippen MR) is 146 cm³/mol. The van der Waals surface area contributed by atoms with Crippen LogP contribution in [0.15, 0.2) is 66.7 Å². The van der Waals surface area contributed by atoms with Gasteiger partial charge in [-0.25, -0.2) is 0 Å². The fourth-order valence-electron chi connectivity index (χ4n) is 3.45. The summed E-state index contributed by atoms with van der Waals surface area (Å²) >= 11 is 0. The highest BCUT2D eigenvalue weighted by Crippen LogP contribution is 2.21. The Morgan fingerprint density at radius 1 is 0.667 bits per heavy atom. The molecule has 1 amide bonds. The van der Waals surface area contributed by atoms with Gasteiger partial charge in [-0.2, -0.15) is 15.0 Å². The third-order valence-corrected chi connectivity index (χ3v) is 5.64. The van der Waals surface area contributed by atoms with Crippen LogP contribution in [-0.4, -0.2) is 26.9 Å². The van der Waals surface area contributed by atoms with E-state index in [1.165, 1.54) is 0 Å².